The van der Waals surface area contributed by atoms with Gasteiger partial charge in [0.05, 0.1) is 21.5 Å². The van der Waals surface area contributed by atoms with Gasteiger partial charge in [-0.3, -0.25) is 20.2 Å². The van der Waals surface area contributed by atoms with Gasteiger partial charge in [0.15, 0.2) is 0 Å². The molecule has 0 aliphatic heterocycles. The first kappa shape index (κ1) is 19.2. The predicted octanol–water partition coefficient (Wildman–Crippen LogP) is 3.50. The van der Waals surface area contributed by atoms with E-state index in [-0.39, 0.29) is 11.0 Å². The van der Waals surface area contributed by atoms with Gasteiger partial charge in [-0.2, -0.15) is 0 Å². The minimum Gasteiger partial charge on any atom is -0.456 e. The molecule has 2 aliphatic rings. The molecule has 9 nitrogen and oxygen atoms in total. The van der Waals surface area contributed by atoms with E-state index in [1.807, 2.05) is 6.92 Å². The van der Waals surface area contributed by atoms with Crippen LogP contribution in [-0.4, -0.2) is 34.6 Å². The number of nitro groups is 2. The normalized spacial score (nSPS) is 30.9. The highest BCUT2D eigenvalue weighted by Crippen LogP contribution is 2.67. The van der Waals surface area contributed by atoms with Crippen molar-refractivity contribution in [2.24, 2.45) is 17.3 Å². The molecule has 0 saturated heterocycles. The number of rotatable bonds is 5. The molecule has 0 N–H and O–H groups in total. The number of esters is 1. The summed E-state index contributed by atoms with van der Waals surface area (Å²) in [6, 6.07) is 2.80. The van der Waals surface area contributed by atoms with Crippen LogP contribution >= 0.6 is 0 Å². The van der Waals surface area contributed by atoms with Crippen molar-refractivity contribution >= 4 is 17.3 Å². The highest BCUT2D eigenvalue weighted by atomic mass is 16.6. The molecule has 1 aromatic carbocycles. The lowest BCUT2D eigenvalue weighted by molar-refractivity contribution is -0.394. The van der Waals surface area contributed by atoms with Crippen LogP contribution in [0.5, 0.6) is 0 Å². The minimum absolute atomic E-state index is 0.158. The number of carbonyl (C=O) groups is 1. The van der Waals surface area contributed by atoms with Crippen molar-refractivity contribution in [2.75, 3.05) is 7.11 Å². The van der Waals surface area contributed by atoms with Gasteiger partial charge in [-0.15, -0.1) is 0 Å². The number of carbonyl (C=O) groups excluding carboxylic acids is 1. The van der Waals surface area contributed by atoms with Crippen LogP contribution in [-0.2, 0) is 9.47 Å². The summed E-state index contributed by atoms with van der Waals surface area (Å²) < 4.78 is 11.3. The highest BCUT2D eigenvalue weighted by molar-refractivity contribution is 5.91. The zero-order valence-corrected chi connectivity index (χ0v) is 15.6. The van der Waals surface area contributed by atoms with E-state index in [0.29, 0.717) is 18.3 Å². The van der Waals surface area contributed by atoms with Gasteiger partial charge in [0, 0.05) is 19.2 Å². The Bertz CT molecular complexity index is 790. The van der Waals surface area contributed by atoms with Crippen LogP contribution in [0, 0.1) is 37.5 Å². The van der Waals surface area contributed by atoms with Crippen LogP contribution in [0.1, 0.15) is 44.0 Å². The van der Waals surface area contributed by atoms with Crippen LogP contribution in [0.3, 0.4) is 0 Å². The number of hydrogen-bond acceptors (Lipinski definition) is 7. The molecule has 0 amide bonds. The molecular weight excluding hydrogens is 356 g/mol. The van der Waals surface area contributed by atoms with Gasteiger partial charge in [-0.1, -0.05) is 13.8 Å². The van der Waals surface area contributed by atoms with Gasteiger partial charge < -0.3 is 9.47 Å². The average Bonchev–Trinajstić information content (AvgIpc) is 3.13. The van der Waals surface area contributed by atoms with E-state index >= 15 is 0 Å². The zero-order chi connectivity index (χ0) is 20.1. The number of methoxy groups -OCH3 is 1. The van der Waals surface area contributed by atoms with E-state index in [9.17, 15) is 25.0 Å². The molecule has 0 bridgehead atoms. The van der Waals surface area contributed by atoms with Crippen molar-refractivity contribution in [2.45, 2.75) is 45.3 Å². The summed E-state index contributed by atoms with van der Waals surface area (Å²) in [4.78, 5) is 33.1. The lowest BCUT2D eigenvalue weighted by Gasteiger charge is -2.39. The summed E-state index contributed by atoms with van der Waals surface area (Å²) in [5.41, 5.74) is -1.79. The number of non-ortho nitro benzene ring substituents is 2. The van der Waals surface area contributed by atoms with Gasteiger partial charge in [0.25, 0.3) is 11.4 Å². The number of ether oxygens (including phenoxy) is 2. The molecule has 9 heteroatoms. The summed E-state index contributed by atoms with van der Waals surface area (Å²) in [6.45, 7) is 6.23. The lowest BCUT2D eigenvalue weighted by Crippen LogP contribution is -2.47. The van der Waals surface area contributed by atoms with Gasteiger partial charge in [-0.25, -0.2) is 4.79 Å². The fourth-order valence-electron chi connectivity index (χ4n) is 4.29. The monoisotopic (exact) mass is 378 g/mol. The summed E-state index contributed by atoms with van der Waals surface area (Å²) >= 11 is 0. The standard InChI is InChI=1S/C18H22N2O7/c1-17(2)13-8-15(18(3,26-4)9-14(13)17)27-16(21)10-5-11(19(22)23)7-12(6-10)20(24)25/h5-7,13-15H,8-9H2,1-4H3/t13-,14+,15+,18+/m0/s1. The molecule has 2 fully saturated rings. The first-order valence-electron chi connectivity index (χ1n) is 8.69. The van der Waals surface area contributed by atoms with E-state index in [1.165, 1.54) is 0 Å². The van der Waals surface area contributed by atoms with Crippen LogP contribution in [0.4, 0.5) is 11.4 Å². The largest absolute Gasteiger partial charge is 0.456 e. The second kappa shape index (κ2) is 6.26. The van der Waals surface area contributed by atoms with Gasteiger partial charge >= 0.3 is 5.97 Å². The number of nitro benzene ring substituents is 2. The molecule has 146 valence electrons. The lowest BCUT2D eigenvalue weighted by atomic mass is 9.83. The van der Waals surface area contributed by atoms with Crippen LogP contribution in [0.25, 0.3) is 0 Å². The van der Waals surface area contributed by atoms with Crippen LogP contribution in [0.2, 0.25) is 0 Å². The Morgan fingerprint density at radius 2 is 1.63 bits per heavy atom. The topological polar surface area (TPSA) is 122 Å². The van der Waals surface area contributed by atoms with Crippen molar-refractivity contribution in [1.29, 1.82) is 0 Å². The first-order valence-corrected chi connectivity index (χ1v) is 8.69. The molecule has 0 heterocycles. The third-order valence-corrected chi connectivity index (χ3v) is 6.34. The summed E-state index contributed by atoms with van der Waals surface area (Å²) in [5, 5.41) is 22.0. The molecule has 0 radical (unpaired) electrons. The Balaban J connectivity index is 1.86. The van der Waals surface area contributed by atoms with Gasteiger partial charge in [0.2, 0.25) is 0 Å². The summed E-state index contributed by atoms with van der Waals surface area (Å²) in [5.74, 6) is 0.0845. The Hall–Kier alpha value is -2.55. The number of fused-ring (bicyclic) bond motifs is 1. The molecule has 0 spiro atoms. The zero-order valence-electron chi connectivity index (χ0n) is 15.6. The average molecular weight is 378 g/mol. The number of hydrogen-bond donors (Lipinski definition) is 0. The maximum Gasteiger partial charge on any atom is 0.339 e. The summed E-state index contributed by atoms with van der Waals surface area (Å²) in [6.07, 6.45) is 0.843. The van der Waals surface area contributed by atoms with Crippen molar-refractivity contribution in [3.05, 3.63) is 44.0 Å². The molecule has 0 aromatic heterocycles. The van der Waals surface area contributed by atoms with Crippen molar-refractivity contribution < 1.29 is 24.1 Å². The molecule has 1 aromatic rings. The third-order valence-electron chi connectivity index (χ3n) is 6.34. The van der Waals surface area contributed by atoms with Gasteiger partial charge in [0.1, 0.15) is 11.7 Å². The fourth-order valence-corrected chi connectivity index (χ4v) is 4.29. The van der Waals surface area contributed by atoms with Gasteiger partial charge in [-0.05, 0) is 37.0 Å². The quantitative estimate of drug-likeness (QED) is 0.436. The van der Waals surface area contributed by atoms with Crippen molar-refractivity contribution in [3.63, 3.8) is 0 Å². The maximum absolute atomic E-state index is 12.6. The Morgan fingerprint density at radius 1 is 1.07 bits per heavy atom. The molecule has 0 unspecified atom stereocenters. The van der Waals surface area contributed by atoms with Crippen molar-refractivity contribution in [1.82, 2.24) is 0 Å². The molecule has 3 rings (SSSR count). The van der Waals surface area contributed by atoms with E-state index < -0.39 is 38.9 Å². The van der Waals surface area contributed by atoms with E-state index in [4.69, 9.17) is 9.47 Å². The van der Waals surface area contributed by atoms with Crippen molar-refractivity contribution in [3.8, 4) is 0 Å². The Labute approximate surface area is 155 Å². The van der Waals surface area contributed by atoms with E-state index in [1.54, 1.807) is 7.11 Å². The molecule has 2 saturated carbocycles. The second-order valence-electron chi connectivity index (χ2n) is 8.14. The third kappa shape index (κ3) is 3.27. The maximum atomic E-state index is 12.6. The molecule has 4 atom stereocenters. The predicted molar refractivity (Wildman–Crippen MR) is 94.4 cm³/mol. The number of nitrogens with zero attached hydrogens (tertiary/aromatic N) is 2. The Morgan fingerprint density at radius 3 is 2.11 bits per heavy atom. The number of benzene rings is 1. The molecular formula is C18H22N2O7. The minimum atomic E-state index is -0.827. The molecule has 2 aliphatic carbocycles. The Kier molecular flexibility index (Phi) is 4.46. The molecule has 27 heavy (non-hydrogen) atoms. The summed E-state index contributed by atoms with van der Waals surface area (Å²) in [7, 11) is 1.56. The fraction of sp³-hybridized carbons (Fsp3) is 0.611. The first-order chi connectivity index (χ1) is 12.5. The van der Waals surface area contributed by atoms with E-state index in [0.717, 1.165) is 24.6 Å². The highest BCUT2D eigenvalue weighted by Gasteiger charge is 2.65. The second-order valence-corrected chi connectivity index (χ2v) is 8.14. The van der Waals surface area contributed by atoms with E-state index in [2.05, 4.69) is 13.8 Å². The van der Waals surface area contributed by atoms with Crippen LogP contribution in [0.15, 0.2) is 18.2 Å². The SMILES string of the molecule is CO[C@]1(C)C[C@@H]2[C@H](C[C@H]1OC(=O)c1cc([N+](=O)[O-])cc([N+](=O)[O-])c1)C2(C)C. The van der Waals surface area contributed by atoms with Crippen LogP contribution < -0.4 is 0 Å². The smallest absolute Gasteiger partial charge is 0.339 e.